The lowest BCUT2D eigenvalue weighted by Gasteiger charge is -2.18. The summed E-state index contributed by atoms with van der Waals surface area (Å²) in [5.74, 6) is 0.113. The largest absolute Gasteiger partial charge is 0.370 e. The first-order valence-corrected chi connectivity index (χ1v) is 7.11. The Labute approximate surface area is 106 Å². The van der Waals surface area contributed by atoms with Crippen molar-refractivity contribution in [1.29, 1.82) is 0 Å². The van der Waals surface area contributed by atoms with E-state index in [-0.39, 0.29) is 11.9 Å². The minimum absolute atomic E-state index is 0.0624. The standard InChI is InChI=1S/C14H30N2O/c1-3-4-5-6-7-8-9-10-12(2)13(15)11-14(16)17/h12-13H,3-11,15H2,1-2H3,(H2,16,17). The van der Waals surface area contributed by atoms with Crippen LogP contribution in [0.3, 0.4) is 0 Å². The second-order valence-corrected chi connectivity index (χ2v) is 5.22. The zero-order valence-electron chi connectivity index (χ0n) is 11.6. The molecule has 1 amide bonds. The molecule has 2 unspecified atom stereocenters. The van der Waals surface area contributed by atoms with Crippen LogP contribution < -0.4 is 11.5 Å². The first kappa shape index (κ1) is 16.4. The Balaban J connectivity index is 3.38. The fourth-order valence-corrected chi connectivity index (χ4v) is 2.07. The van der Waals surface area contributed by atoms with Crippen LogP contribution in [0.2, 0.25) is 0 Å². The first-order chi connectivity index (χ1) is 8.07. The van der Waals surface area contributed by atoms with E-state index >= 15 is 0 Å². The van der Waals surface area contributed by atoms with Crippen LogP contribution in [0.15, 0.2) is 0 Å². The van der Waals surface area contributed by atoms with Crippen molar-refractivity contribution >= 4 is 5.91 Å². The topological polar surface area (TPSA) is 69.1 Å². The predicted octanol–water partition coefficient (Wildman–Crippen LogP) is 2.97. The van der Waals surface area contributed by atoms with Crippen molar-refractivity contribution < 1.29 is 4.79 Å². The van der Waals surface area contributed by atoms with Gasteiger partial charge in [0.2, 0.25) is 5.91 Å². The molecule has 3 heteroatoms. The van der Waals surface area contributed by atoms with Gasteiger partial charge in [0.05, 0.1) is 0 Å². The van der Waals surface area contributed by atoms with Crippen LogP contribution in [-0.4, -0.2) is 11.9 Å². The van der Waals surface area contributed by atoms with Gasteiger partial charge in [-0.25, -0.2) is 0 Å². The van der Waals surface area contributed by atoms with Gasteiger partial charge in [-0.1, -0.05) is 58.8 Å². The number of nitrogens with two attached hydrogens (primary N) is 2. The van der Waals surface area contributed by atoms with E-state index in [0.717, 1.165) is 6.42 Å². The molecule has 0 radical (unpaired) electrons. The summed E-state index contributed by atoms with van der Waals surface area (Å²) >= 11 is 0. The summed E-state index contributed by atoms with van der Waals surface area (Å²) in [6.45, 7) is 4.35. The lowest BCUT2D eigenvalue weighted by atomic mass is 9.93. The fourth-order valence-electron chi connectivity index (χ4n) is 2.07. The smallest absolute Gasteiger partial charge is 0.218 e. The molecule has 0 aromatic rings. The molecule has 0 aromatic heterocycles. The van der Waals surface area contributed by atoms with Crippen LogP contribution in [0.25, 0.3) is 0 Å². The number of rotatable bonds is 11. The summed E-state index contributed by atoms with van der Waals surface area (Å²) in [7, 11) is 0. The van der Waals surface area contributed by atoms with Gasteiger partial charge in [-0.3, -0.25) is 4.79 Å². The molecule has 0 rings (SSSR count). The van der Waals surface area contributed by atoms with E-state index in [1.54, 1.807) is 0 Å². The molecule has 3 nitrogen and oxygen atoms in total. The third kappa shape index (κ3) is 10.3. The maximum Gasteiger partial charge on any atom is 0.218 e. The highest BCUT2D eigenvalue weighted by Crippen LogP contribution is 2.15. The van der Waals surface area contributed by atoms with Gasteiger partial charge in [0, 0.05) is 12.5 Å². The van der Waals surface area contributed by atoms with E-state index in [0.29, 0.717) is 12.3 Å². The quantitative estimate of drug-likeness (QED) is 0.547. The van der Waals surface area contributed by atoms with Gasteiger partial charge in [0.25, 0.3) is 0 Å². The molecular weight excluding hydrogens is 212 g/mol. The maximum atomic E-state index is 10.7. The van der Waals surface area contributed by atoms with Gasteiger partial charge < -0.3 is 11.5 Å². The Kier molecular flexibility index (Phi) is 10.2. The third-order valence-electron chi connectivity index (χ3n) is 3.43. The Morgan fingerprint density at radius 2 is 1.59 bits per heavy atom. The molecule has 0 bridgehead atoms. The van der Waals surface area contributed by atoms with E-state index < -0.39 is 0 Å². The zero-order chi connectivity index (χ0) is 13.1. The minimum Gasteiger partial charge on any atom is -0.370 e. The number of hydrogen-bond donors (Lipinski definition) is 2. The molecule has 0 aromatic carbocycles. The summed E-state index contributed by atoms with van der Waals surface area (Å²) in [6, 6.07) is -0.0624. The van der Waals surface area contributed by atoms with Crippen molar-refractivity contribution in [1.82, 2.24) is 0 Å². The molecule has 0 spiro atoms. The lowest BCUT2D eigenvalue weighted by molar-refractivity contribution is -0.118. The van der Waals surface area contributed by atoms with Gasteiger partial charge in [0.1, 0.15) is 0 Å². The van der Waals surface area contributed by atoms with Gasteiger partial charge in [-0.2, -0.15) is 0 Å². The van der Waals surface area contributed by atoms with Gasteiger partial charge in [-0.05, 0) is 12.3 Å². The first-order valence-electron chi connectivity index (χ1n) is 7.11. The van der Waals surface area contributed by atoms with E-state index in [4.69, 9.17) is 11.5 Å². The van der Waals surface area contributed by atoms with Crippen molar-refractivity contribution in [2.75, 3.05) is 0 Å². The molecule has 0 heterocycles. The minimum atomic E-state index is -0.288. The third-order valence-corrected chi connectivity index (χ3v) is 3.43. The summed E-state index contributed by atoms with van der Waals surface area (Å²) in [5, 5.41) is 0. The van der Waals surface area contributed by atoms with Crippen LogP contribution in [0, 0.1) is 5.92 Å². The van der Waals surface area contributed by atoms with E-state index in [9.17, 15) is 4.79 Å². The molecule has 0 aliphatic heterocycles. The summed E-state index contributed by atoms with van der Waals surface area (Å²) < 4.78 is 0. The van der Waals surface area contributed by atoms with Crippen molar-refractivity contribution in [3.8, 4) is 0 Å². The molecule has 102 valence electrons. The van der Waals surface area contributed by atoms with Gasteiger partial charge in [0.15, 0.2) is 0 Å². The normalized spacial score (nSPS) is 14.5. The lowest BCUT2D eigenvalue weighted by Crippen LogP contribution is -2.33. The van der Waals surface area contributed by atoms with Crippen molar-refractivity contribution in [3.05, 3.63) is 0 Å². The average molecular weight is 242 g/mol. The maximum absolute atomic E-state index is 10.7. The van der Waals surface area contributed by atoms with Crippen molar-refractivity contribution in [2.45, 2.75) is 77.7 Å². The second kappa shape index (κ2) is 10.6. The van der Waals surface area contributed by atoms with Crippen LogP contribution in [0.4, 0.5) is 0 Å². The predicted molar refractivity (Wildman–Crippen MR) is 73.6 cm³/mol. The molecule has 0 aliphatic carbocycles. The summed E-state index contributed by atoms with van der Waals surface area (Å²) in [4.78, 5) is 10.7. The van der Waals surface area contributed by atoms with Crippen molar-refractivity contribution in [3.63, 3.8) is 0 Å². The molecule has 2 atom stereocenters. The number of carbonyl (C=O) groups excluding carboxylic acids is 1. The summed E-state index contributed by atoms with van der Waals surface area (Å²) in [5.41, 5.74) is 11.0. The van der Waals surface area contributed by atoms with E-state index in [2.05, 4.69) is 13.8 Å². The SMILES string of the molecule is CCCCCCCCCC(C)C(N)CC(N)=O. The molecule has 0 saturated carbocycles. The number of amides is 1. The van der Waals surface area contributed by atoms with Crippen LogP contribution >= 0.6 is 0 Å². The highest BCUT2D eigenvalue weighted by Gasteiger charge is 2.14. The molecular formula is C14H30N2O. The number of hydrogen-bond acceptors (Lipinski definition) is 2. The van der Waals surface area contributed by atoms with Crippen LogP contribution in [0.1, 0.15) is 71.6 Å². The highest BCUT2D eigenvalue weighted by molar-refractivity contribution is 5.74. The van der Waals surface area contributed by atoms with Crippen molar-refractivity contribution in [2.24, 2.45) is 17.4 Å². The molecule has 0 aliphatic rings. The summed E-state index contributed by atoms with van der Waals surface area (Å²) in [6.07, 6.45) is 10.7. The van der Waals surface area contributed by atoms with Crippen LogP contribution in [0.5, 0.6) is 0 Å². The fraction of sp³-hybridized carbons (Fsp3) is 0.929. The van der Waals surface area contributed by atoms with E-state index in [1.165, 1.54) is 44.9 Å². The Morgan fingerprint density at radius 1 is 1.06 bits per heavy atom. The highest BCUT2D eigenvalue weighted by atomic mass is 16.1. The molecule has 0 fully saturated rings. The molecule has 17 heavy (non-hydrogen) atoms. The molecule has 4 N–H and O–H groups in total. The zero-order valence-corrected chi connectivity index (χ0v) is 11.6. The number of unbranched alkanes of at least 4 members (excludes halogenated alkanes) is 6. The Hall–Kier alpha value is -0.570. The number of primary amides is 1. The van der Waals surface area contributed by atoms with Gasteiger partial charge >= 0.3 is 0 Å². The van der Waals surface area contributed by atoms with Crippen LogP contribution in [-0.2, 0) is 4.79 Å². The Morgan fingerprint density at radius 3 is 2.12 bits per heavy atom. The average Bonchev–Trinajstić information content (AvgIpc) is 2.26. The second-order valence-electron chi connectivity index (χ2n) is 5.22. The van der Waals surface area contributed by atoms with E-state index in [1.807, 2.05) is 0 Å². The monoisotopic (exact) mass is 242 g/mol. The number of carbonyl (C=O) groups is 1. The molecule has 0 saturated heterocycles. The Bertz CT molecular complexity index is 195. The van der Waals surface area contributed by atoms with Gasteiger partial charge in [-0.15, -0.1) is 0 Å².